The van der Waals surface area contributed by atoms with Gasteiger partial charge in [-0.2, -0.15) is 0 Å². The van der Waals surface area contributed by atoms with Crippen LogP contribution in [0.15, 0.2) is 60.7 Å². The highest BCUT2D eigenvalue weighted by atomic mass is 16.1. The maximum Gasteiger partial charge on any atom is 0.190 e. The Balaban J connectivity index is 1.69. The Morgan fingerprint density at radius 2 is 1.77 bits per heavy atom. The predicted octanol–water partition coefficient (Wildman–Crippen LogP) is 3.84. The van der Waals surface area contributed by atoms with Crippen molar-refractivity contribution in [3.63, 3.8) is 0 Å². The highest BCUT2D eigenvalue weighted by molar-refractivity contribution is 6.13. The summed E-state index contributed by atoms with van der Waals surface area (Å²) >= 11 is 0. The van der Waals surface area contributed by atoms with Crippen molar-refractivity contribution < 1.29 is 4.79 Å². The van der Waals surface area contributed by atoms with Gasteiger partial charge in [-0.05, 0) is 31.2 Å². The number of rotatable bonds is 2. The average Bonchev–Trinajstić information content (AvgIpc) is 2.79. The van der Waals surface area contributed by atoms with Crippen LogP contribution in [0.3, 0.4) is 0 Å². The van der Waals surface area contributed by atoms with Gasteiger partial charge in [0.05, 0.1) is 5.52 Å². The minimum Gasteiger partial charge on any atom is -0.372 e. The zero-order chi connectivity index (χ0) is 15.2. The van der Waals surface area contributed by atoms with Crippen LogP contribution in [0.2, 0.25) is 0 Å². The number of hydrogen-bond acceptors (Lipinski definition) is 3. The van der Waals surface area contributed by atoms with Crippen LogP contribution < -0.4 is 5.32 Å². The van der Waals surface area contributed by atoms with E-state index in [1.807, 2.05) is 61.5 Å². The molecule has 0 amide bonds. The molecule has 0 saturated carbocycles. The van der Waals surface area contributed by atoms with Gasteiger partial charge >= 0.3 is 0 Å². The lowest BCUT2D eigenvalue weighted by Gasteiger charge is -2.23. The molecule has 0 spiro atoms. The second-order valence-electron chi connectivity index (χ2n) is 6.00. The minimum absolute atomic E-state index is 0.137. The molecule has 0 radical (unpaired) electrons. The molecular weight excluding hydrogens is 272 g/mol. The molecule has 2 heterocycles. The van der Waals surface area contributed by atoms with Crippen LogP contribution in [0.1, 0.15) is 23.0 Å². The molecule has 0 bridgehead atoms. The van der Waals surface area contributed by atoms with E-state index in [4.69, 9.17) is 0 Å². The molecule has 1 unspecified atom stereocenters. The zero-order valence-electron chi connectivity index (χ0n) is 12.3. The number of nitrogens with one attached hydrogen (secondary N) is 1. The Kier molecular flexibility index (Phi) is 2.76. The molecule has 108 valence electrons. The number of hydrogen-bond donors (Lipinski definition) is 1. The summed E-state index contributed by atoms with van der Waals surface area (Å²) in [5.41, 5.74) is 2.95. The number of benzene rings is 2. The number of anilines is 1. The number of nitrogens with zero attached hydrogens (tertiary/aromatic N) is 1. The molecular formula is C19H16N2O. The summed E-state index contributed by atoms with van der Waals surface area (Å²) in [5, 5.41) is 4.48. The SMILES string of the molecule is CC1(Cc2ccc3ccccc3n2)Nc2ccccc2C1=O. The molecule has 1 aliphatic heterocycles. The van der Waals surface area contributed by atoms with Crippen LogP contribution in [-0.2, 0) is 6.42 Å². The number of ketones is 1. The number of carbonyl (C=O) groups excluding carboxylic acids is 1. The second kappa shape index (κ2) is 4.67. The first-order valence-electron chi connectivity index (χ1n) is 7.42. The standard InChI is InChI=1S/C19H16N2O/c1-19(18(22)15-7-3-5-9-17(15)21-19)12-14-11-10-13-6-2-4-8-16(13)20-14/h2-11,21H,12H2,1H3. The lowest BCUT2D eigenvalue weighted by molar-refractivity contribution is 0.0928. The number of fused-ring (bicyclic) bond motifs is 2. The van der Waals surface area contributed by atoms with Crippen LogP contribution in [0, 0.1) is 0 Å². The quantitative estimate of drug-likeness (QED) is 0.779. The normalized spacial score (nSPS) is 20.0. The number of pyridine rings is 1. The molecule has 1 aliphatic rings. The zero-order valence-corrected chi connectivity index (χ0v) is 12.3. The Labute approximate surface area is 129 Å². The summed E-state index contributed by atoms with van der Waals surface area (Å²) in [6.07, 6.45) is 0.575. The van der Waals surface area contributed by atoms with Crippen LogP contribution in [-0.4, -0.2) is 16.3 Å². The maximum absolute atomic E-state index is 12.7. The fourth-order valence-corrected chi connectivity index (χ4v) is 3.13. The molecule has 3 aromatic rings. The van der Waals surface area contributed by atoms with E-state index in [1.54, 1.807) is 0 Å². The minimum atomic E-state index is -0.626. The Morgan fingerprint density at radius 3 is 2.64 bits per heavy atom. The van der Waals surface area contributed by atoms with Crippen molar-refractivity contribution in [3.8, 4) is 0 Å². The highest BCUT2D eigenvalue weighted by Gasteiger charge is 2.41. The third kappa shape index (κ3) is 1.98. The van der Waals surface area contributed by atoms with Gasteiger partial charge in [0, 0.05) is 28.8 Å². The van der Waals surface area contributed by atoms with E-state index >= 15 is 0 Å². The van der Waals surface area contributed by atoms with Crippen LogP contribution >= 0.6 is 0 Å². The van der Waals surface area contributed by atoms with Gasteiger partial charge in [0.25, 0.3) is 0 Å². The Bertz CT molecular complexity index is 887. The van der Waals surface area contributed by atoms with Gasteiger partial charge in [-0.25, -0.2) is 0 Å². The molecule has 4 rings (SSSR count). The van der Waals surface area contributed by atoms with Crippen molar-refractivity contribution >= 4 is 22.4 Å². The summed E-state index contributed by atoms with van der Waals surface area (Å²) in [7, 11) is 0. The van der Waals surface area contributed by atoms with Gasteiger partial charge in [-0.15, -0.1) is 0 Å². The van der Waals surface area contributed by atoms with Gasteiger partial charge in [0.1, 0.15) is 5.54 Å². The predicted molar refractivity (Wildman–Crippen MR) is 88.2 cm³/mol. The highest BCUT2D eigenvalue weighted by Crippen LogP contribution is 2.34. The van der Waals surface area contributed by atoms with Gasteiger partial charge in [-0.1, -0.05) is 36.4 Å². The summed E-state index contributed by atoms with van der Waals surface area (Å²) in [5.74, 6) is 0.137. The van der Waals surface area contributed by atoms with E-state index in [0.29, 0.717) is 6.42 Å². The van der Waals surface area contributed by atoms with Gasteiger partial charge in [0.2, 0.25) is 0 Å². The summed E-state index contributed by atoms with van der Waals surface area (Å²) in [6, 6.07) is 19.8. The molecule has 1 N–H and O–H groups in total. The molecule has 0 aliphatic carbocycles. The Hall–Kier alpha value is -2.68. The molecule has 1 atom stereocenters. The van der Waals surface area contributed by atoms with Crippen LogP contribution in [0.25, 0.3) is 10.9 Å². The first-order valence-corrected chi connectivity index (χ1v) is 7.42. The number of carbonyl (C=O) groups is 1. The third-order valence-corrected chi connectivity index (χ3v) is 4.27. The van der Waals surface area contributed by atoms with Crippen LogP contribution in [0.4, 0.5) is 5.69 Å². The maximum atomic E-state index is 12.7. The largest absolute Gasteiger partial charge is 0.372 e. The fraction of sp³-hybridized carbons (Fsp3) is 0.158. The fourth-order valence-electron chi connectivity index (χ4n) is 3.13. The lowest BCUT2D eigenvalue weighted by Crippen LogP contribution is -2.40. The Morgan fingerprint density at radius 1 is 1.00 bits per heavy atom. The molecule has 2 aromatic carbocycles. The number of para-hydroxylation sites is 2. The van der Waals surface area contributed by atoms with E-state index in [2.05, 4.69) is 16.4 Å². The first kappa shape index (κ1) is 13.0. The third-order valence-electron chi connectivity index (χ3n) is 4.27. The average molecular weight is 288 g/mol. The van der Waals surface area contributed by atoms with Crippen molar-refractivity contribution in [3.05, 3.63) is 71.9 Å². The molecule has 3 heteroatoms. The number of aromatic nitrogens is 1. The molecule has 1 aromatic heterocycles. The van der Waals surface area contributed by atoms with Crippen molar-refractivity contribution in [2.24, 2.45) is 0 Å². The summed E-state index contributed by atoms with van der Waals surface area (Å²) < 4.78 is 0. The van der Waals surface area contributed by atoms with Crippen molar-refractivity contribution in [1.29, 1.82) is 0 Å². The second-order valence-corrected chi connectivity index (χ2v) is 6.00. The van der Waals surface area contributed by atoms with Crippen molar-refractivity contribution in [2.45, 2.75) is 18.9 Å². The molecule has 0 fully saturated rings. The molecule has 3 nitrogen and oxygen atoms in total. The molecule has 22 heavy (non-hydrogen) atoms. The van der Waals surface area contributed by atoms with Gasteiger partial charge in [0.15, 0.2) is 5.78 Å². The van der Waals surface area contributed by atoms with Crippen LogP contribution in [0.5, 0.6) is 0 Å². The van der Waals surface area contributed by atoms with E-state index < -0.39 is 5.54 Å². The topological polar surface area (TPSA) is 42.0 Å². The summed E-state index contributed by atoms with van der Waals surface area (Å²) in [6.45, 7) is 1.95. The van der Waals surface area contributed by atoms with Gasteiger partial charge in [-0.3, -0.25) is 9.78 Å². The number of Topliss-reactive ketones (excluding diaryl/α,β-unsaturated/α-hetero) is 1. The van der Waals surface area contributed by atoms with Crippen molar-refractivity contribution in [1.82, 2.24) is 4.98 Å². The van der Waals surface area contributed by atoms with E-state index in [9.17, 15) is 4.79 Å². The van der Waals surface area contributed by atoms with Gasteiger partial charge < -0.3 is 5.32 Å². The van der Waals surface area contributed by atoms with E-state index in [-0.39, 0.29) is 5.78 Å². The summed E-state index contributed by atoms with van der Waals surface area (Å²) in [4.78, 5) is 17.4. The molecule has 0 saturated heterocycles. The van der Waals surface area contributed by atoms with E-state index in [0.717, 1.165) is 27.8 Å². The first-order chi connectivity index (χ1) is 10.7. The smallest absolute Gasteiger partial charge is 0.190 e. The van der Waals surface area contributed by atoms with Crippen molar-refractivity contribution in [2.75, 3.05) is 5.32 Å². The monoisotopic (exact) mass is 288 g/mol. The lowest BCUT2D eigenvalue weighted by atomic mass is 9.90. The van der Waals surface area contributed by atoms with E-state index in [1.165, 1.54) is 0 Å².